The van der Waals surface area contributed by atoms with E-state index in [9.17, 15) is 8.42 Å². The van der Waals surface area contributed by atoms with Gasteiger partial charge in [0, 0.05) is 19.0 Å². The first-order chi connectivity index (χ1) is 9.64. The Bertz CT molecular complexity index is 451. The van der Waals surface area contributed by atoms with E-state index in [0.717, 1.165) is 12.0 Å². The second-order valence-electron chi connectivity index (χ2n) is 4.50. The fourth-order valence-corrected chi connectivity index (χ4v) is 3.00. The van der Waals surface area contributed by atoms with E-state index >= 15 is 0 Å². The maximum atomic E-state index is 11.6. The van der Waals surface area contributed by atoms with Gasteiger partial charge in [-0.3, -0.25) is 0 Å². The fourth-order valence-electron chi connectivity index (χ4n) is 1.62. The highest BCUT2D eigenvalue weighted by Gasteiger charge is 2.08. The van der Waals surface area contributed by atoms with E-state index < -0.39 is 10.0 Å². The van der Waals surface area contributed by atoms with Crippen LogP contribution in [0.3, 0.4) is 0 Å². The number of alkyl halides is 1. The first-order valence-corrected chi connectivity index (χ1v) is 8.98. The molecule has 0 radical (unpaired) electrons. The monoisotopic (exact) mass is 319 g/mol. The summed E-state index contributed by atoms with van der Waals surface area (Å²) in [5.41, 5.74) is 1.12. The number of nitrogens with one attached hydrogen (secondary N) is 1. The first-order valence-electron chi connectivity index (χ1n) is 6.79. The number of sulfonamides is 1. The van der Waals surface area contributed by atoms with Gasteiger partial charge in [0.15, 0.2) is 0 Å². The molecule has 1 aromatic rings. The van der Waals surface area contributed by atoms with Crippen molar-refractivity contribution in [3.05, 3.63) is 35.9 Å². The fraction of sp³-hybridized carbons (Fsp3) is 0.571. The molecule has 0 spiro atoms. The molecule has 0 fully saturated rings. The van der Waals surface area contributed by atoms with Crippen LogP contribution in [-0.4, -0.2) is 33.2 Å². The summed E-state index contributed by atoms with van der Waals surface area (Å²) in [5, 5.41) is 0. The van der Waals surface area contributed by atoms with E-state index in [4.69, 9.17) is 16.3 Å². The van der Waals surface area contributed by atoms with E-state index in [1.54, 1.807) is 0 Å². The molecule has 1 rings (SSSR count). The van der Waals surface area contributed by atoms with Crippen LogP contribution in [0.5, 0.6) is 0 Å². The highest BCUT2D eigenvalue weighted by Crippen LogP contribution is 2.01. The zero-order valence-electron chi connectivity index (χ0n) is 11.6. The molecule has 0 saturated carbocycles. The summed E-state index contributed by atoms with van der Waals surface area (Å²) in [6.07, 6.45) is 1.99. The van der Waals surface area contributed by atoms with Gasteiger partial charge in [0.05, 0.1) is 12.4 Å². The summed E-state index contributed by atoms with van der Waals surface area (Å²) < 4.78 is 31.2. The van der Waals surface area contributed by atoms with Crippen molar-refractivity contribution in [2.45, 2.75) is 25.9 Å². The molecule has 4 nitrogen and oxygen atoms in total. The topological polar surface area (TPSA) is 55.4 Å². The Balaban J connectivity index is 2.04. The van der Waals surface area contributed by atoms with Crippen molar-refractivity contribution in [2.24, 2.45) is 0 Å². The molecule has 0 aliphatic heterocycles. The van der Waals surface area contributed by atoms with Gasteiger partial charge in [-0.2, -0.15) is 0 Å². The van der Waals surface area contributed by atoms with Gasteiger partial charge in [-0.05, 0) is 24.8 Å². The van der Waals surface area contributed by atoms with Gasteiger partial charge in [0.25, 0.3) is 0 Å². The van der Waals surface area contributed by atoms with Gasteiger partial charge in [0.1, 0.15) is 0 Å². The van der Waals surface area contributed by atoms with Crippen molar-refractivity contribution in [3.63, 3.8) is 0 Å². The molecule has 0 aromatic heterocycles. The summed E-state index contributed by atoms with van der Waals surface area (Å²) in [6.45, 7) is 1.51. The molecule has 6 heteroatoms. The molecule has 1 aromatic carbocycles. The zero-order valence-corrected chi connectivity index (χ0v) is 13.1. The first kappa shape index (κ1) is 17.4. The highest BCUT2D eigenvalue weighted by molar-refractivity contribution is 7.89. The van der Waals surface area contributed by atoms with Gasteiger partial charge in [0.2, 0.25) is 10.0 Å². The molecule has 114 valence electrons. The Morgan fingerprint density at radius 3 is 2.55 bits per heavy atom. The predicted octanol–water partition coefficient (Wildman–Crippen LogP) is 2.53. The lowest BCUT2D eigenvalue weighted by molar-refractivity contribution is 0.119. The van der Waals surface area contributed by atoms with Crippen LogP contribution in [0.4, 0.5) is 0 Å². The van der Waals surface area contributed by atoms with Crippen molar-refractivity contribution >= 4 is 21.6 Å². The van der Waals surface area contributed by atoms with Crippen molar-refractivity contribution < 1.29 is 13.2 Å². The van der Waals surface area contributed by atoms with Crippen molar-refractivity contribution in [1.29, 1.82) is 0 Å². The van der Waals surface area contributed by atoms with Gasteiger partial charge in [-0.1, -0.05) is 30.3 Å². The molecule has 0 saturated heterocycles. The molecule has 0 aliphatic carbocycles. The molecule has 0 unspecified atom stereocenters. The number of halogens is 1. The third kappa shape index (κ3) is 8.53. The Hall–Kier alpha value is -0.620. The molecule has 0 atom stereocenters. The van der Waals surface area contributed by atoms with Crippen LogP contribution in [0.25, 0.3) is 0 Å². The van der Waals surface area contributed by atoms with Gasteiger partial charge in [-0.25, -0.2) is 13.1 Å². The molecular weight excluding hydrogens is 298 g/mol. The third-order valence-electron chi connectivity index (χ3n) is 2.70. The van der Waals surface area contributed by atoms with Crippen LogP contribution in [-0.2, 0) is 21.4 Å². The molecular formula is C14H22ClNO3S. The largest absolute Gasteiger partial charge is 0.377 e. The number of unbranched alkanes of at least 4 members (excludes halogenated alkanes) is 1. The number of ether oxygens (including phenoxy) is 1. The second-order valence-corrected chi connectivity index (χ2v) is 6.81. The molecule has 0 heterocycles. The van der Waals surface area contributed by atoms with Gasteiger partial charge < -0.3 is 4.74 Å². The maximum Gasteiger partial charge on any atom is 0.211 e. The normalized spacial score (nSPS) is 11.7. The van der Waals surface area contributed by atoms with Gasteiger partial charge >= 0.3 is 0 Å². The second kappa shape index (κ2) is 10.2. The zero-order chi connectivity index (χ0) is 14.7. The smallest absolute Gasteiger partial charge is 0.211 e. The van der Waals surface area contributed by atoms with E-state index in [-0.39, 0.29) is 5.75 Å². The summed E-state index contributed by atoms with van der Waals surface area (Å²) in [7, 11) is -3.16. The Morgan fingerprint density at radius 1 is 1.10 bits per heavy atom. The van der Waals surface area contributed by atoms with Crippen LogP contribution in [0, 0.1) is 0 Å². The van der Waals surface area contributed by atoms with Crippen LogP contribution in [0.2, 0.25) is 0 Å². The summed E-state index contributed by atoms with van der Waals surface area (Å²) in [5.74, 6) is 0.646. The molecule has 1 N–H and O–H groups in total. The lowest BCUT2D eigenvalue weighted by Gasteiger charge is -2.07. The molecule has 20 heavy (non-hydrogen) atoms. The maximum absolute atomic E-state index is 11.6. The minimum Gasteiger partial charge on any atom is -0.377 e. The number of hydrogen-bond acceptors (Lipinski definition) is 3. The minimum absolute atomic E-state index is 0.143. The Kier molecular flexibility index (Phi) is 8.85. The molecule has 0 aliphatic rings. The van der Waals surface area contributed by atoms with E-state index in [0.29, 0.717) is 38.5 Å². The van der Waals surface area contributed by atoms with E-state index in [2.05, 4.69) is 4.72 Å². The van der Waals surface area contributed by atoms with Crippen LogP contribution in [0.15, 0.2) is 30.3 Å². The minimum atomic E-state index is -3.16. The number of benzene rings is 1. The van der Waals surface area contributed by atoms with Crippen LogP contribution >= 0.6 is 11.6 Å². The average molecular weight is 320 g/mol. The summed E-state index contributed by atoms with van der Waals surface area (Å²) >= 11 is 5.51. The quantitative estimate of drug-likeness (QED) is 0.504. The Morgan fingerprint density at radius 2 is 1.85 bits per heavy atom. The number of hydrogen-bond donors (Lipinski definition) is 1. The summed E-state index contributed by atoms with van der Waals surface area (Å²) in [6, 6.07) is 9.89. The SMILES string of the molecule is O=S(=O)(CCCCCl)NCCCOCc1ccccc1. The highest BCUT2D eigenvalue weighted by atomic mass is 35.5. The molecule has 0 bridgehead atoms. The Labute approximate surface area is 126 Å². The lowest BCUT2D eigenvalue weighted by Crippen LogP contribution is -2.28. The van der Waals surface area contributed by atoms with Crippen LogP contribution < -0.4 is 4.72 Å². The average Bonchev–Trinajstić information content (AvgIpc) is 2.44. The van der Waals surface area contributed by atoms with Crippen molar-refractivity contribution in [1.82, 2.24) is 4.72 Å². The van der Waals surface area contributed by atoms with Crippen molar-refractivity contribution in [3.8, 4) is 0 Å². The predicted molar refractivity (Wildman–Crippen MR) is 82.5 cm³/mol. The number of rotatable bonds is 11. The lowest BCUT2D eigenvalue weighted by atomic mass is 10.2. The molecule has 0 amide bonds. The standard InChI is InChI=1S/C14H22ClNO3S/c15-9-4-5-12-20(17,18)16-10-6-11-19-13-14-7-2-1-3-8-14/h1-3,7-8,16H,4-6,9-13H2. The van der Waals surface area contributed by atoms with Gasteiger partial charge in [-0.15, -0.1) is 11.6 Å². The summed E-state index contributed by atoms with van der Waals surface area (Å²) in [4.78, 5) is 0. The van der Waals surface area contributed by atoms with Crippen LogP contribution in [0.1, 0.15) is 24.8 Å². The van der Waals surface area contributed by atoms with Crippen molar-refractivity contribution in [2.75, 3.05) is 24.8 Å². The third-order valence-corrected chi connectivity index (χ3v) is 4.43. The van der Waals surface area contributed by atoms with E-state index in [1.165, 1.54) is 0 Å². The van der Waals surface area contributed by atoms with E-state index in [1.807, 2.05) is 30.3 Å².